The van der Waals surface area contributed by atoms with Crippen LogP contribution in [0.25, 0.3) is 0 Å². The number of ether oxygens (including phenoxy) is 1. The molecule has 0 saturated carbocycles. The molecule has 18 heavy (non-hydrogen) atoms. The lowest BCUT2D eigenvalue weighted by Crippen LogP contribution is -2.34. The van der Waals surface area contributed by atoms with Gasteiger partial charge in [-0.3, -0.25) is 5.01 Å². The number of hydrogen-bond donors (Lipinski definition) is 1. The molecule has 0 aromatic carbocycles. The summed E-state index contributed by atoms with van der Waals surface area (Å²) in [5.41, 5.74) is 2.71. The molecule has 2 rings (SSSR count). The van der Waals surface area contributed by atoms with Crippen LogP contribution in [0, 0.1) is 0 Å². The van der Waals surface area contributed by atoms with Gasteiger partial charge in [0.25, 0.3) is 0 Å². The van der Waals surface area contributed by atoms with Gasteiger partial charge in [-0.05, 0) is 24.5 Å². The van der Waals surface area contributed by atoms with E-state index in [2.05, 4.69) is 30.1 Å². The summed E-state index contributed by atoms with van der Waals surface area (Å²) in [5.74, 6) is 0. The van der Waals surface area contributed by atoms with Gasteiger partial charge in [-0.15, -0.1) is 0 Å². The van der Waals surface area contributed by atoms with Crippen molar-refractivity contribution in [3.63, 3.8) is 0 Å². The van der Waals surface area contributed by atoms with Gasteiger partial charge in [-0.25, -0.2) is 0 Å². The molecule has 102 valence electrons. The minimum absolute atomic E-state index is 0.623. The normalized spacial score (nSPS) is 19.8. The number of rotatable bonds is 5. The quantitative estimate of drug-likeness (QED) is 0.613. The van der Waals surface area contributed by atoms with Crippen molar-refractivity contribution < 1.29 is 4.74 Å². The van der Waals surface area contributed by atoms with Crippen LogP contribution < -0.4 is 5.32 Å². The van der Waals surface area contributed by atoms with E-state index in [1.54, 1.807) is 0 Å². The van der Waals surface area contributed by atoms with E-state index in [1.165, 1.54) is 30.2 Å². The van der Waals surface area contributed by atoms with Crippen LogP contribution in [0.2, 0.25) is 25.7 Å². The second kappa shape index (κ2) is 5.89. The van der Waals surface area contributed by atoms with Crippen molar-refractivity contribution in [2.24, 2.45) is 5.10 Å². The Morgan fingerprint density at radius 2 is 2.28 bits per heavy atom. The van der Waals surface area contributed by atoms with Gasteiger partial charge in [0.1, 0.15) is 6.73 Å². The molecule has 0 saturated heterocycles. The lowest BCUT2D eigenvalue weighted by molar-refractivity contribution is 0.0407. The Labute approximate surface area is 111 Å². The molecule has 2 aliphatic heterocycles. The number of allylic oxidation sites excluding steroid dienone is 1. The average molecular weight is 267 g/mol. The maximum absolute atomic E-state index is 5.73. The third-order valence-electron chi connectivity index (χ3n) is 3.31. The maximum Gasteiger partial charge on any atom is 0.135 e. The van der Waals surface area contributed by atoms with Crippen LogP contribution >= 0.6 is 0 Å². The van der Waals surface area contributed by atoms with E-state index in [0.29, 0.717) is 6.73 Å². The van der Waals surface area contributed by atoms with E-state index < -0.39 is 8.07 Å². The van der Waals surface area contributed by atoms with Crippen LogP contribution in [-0.4, -0.2) is 45.7 Å². The predicted molar refractivity (Wildman–Crippen MR) is 78.4 cm³/mol. The smallest absolute Gasteiger partial charge is 0.135 e. The number of hydrazone groups is 1. The Balaban J connectivity index is 1.70. The molecule has 0 amide bonds. The third kappa shape index (κ3) is 4.14. The van der Waals surface area contributed by atoms with Crippen molar-refractivity contribution in [1.29, 1.82) is 0 Å². The maximum atomic E-state index is 5.73. The first-order chi connectivity index (χ1) is 8.54. The van der Waals surface area contributed by atoms with E-state index in [0.717, 1.165) is 19.7 Å². The molecule has 1 N–H and O–H groups in total. The van der Waals surface area contributed by atoms with Crippen molar-refractivity contribution in [3.8, 4) is 0 Å². The lowest BCUT2D eigenvalue weighted by atomic mass is 10.0. The fourth-order valence-electron chi connectivity index (χ4n) is 2.11. The number of nitrogens with one attached hydrogen (secondary N) is 1. The number of nitrogens with zero attached hydrogens (tertiary/aromatic N) is 2. The van der Waals surface area contributed by atoms with E-state index >= 15 is 0 Å². The van der Waals surface area contributed by atoms with Gasteiger partial charge < -0.3 is 10.1 Å². The van der Waals surface area contributed by atoms with Crippen molar-refractivity contribution in [3.05, 3.63) is 11.3 Å². The molecule has 0 aromatic rings. The minimum atomic E-state index is -0.973. The molecule has 0 radical (unpaired) electrons. The van der Waals surface area contributed by atoms with E-state index in [4.69, 9.17) is 4.74 Å². The topological polar surface area (TPSA) is 36.9 Å². The molecular formula is C13H25N3OSi. The monoisotopic (exact) mass is 267 g/mol. The van der Waals surface area contributed by atoms with Gasteiger partial charge >= 0.3 is 0 Å². The summed E-state index contributed by atoms with van der Waals surface area (Å²) in [6.45, 7) is 10.6. The van der Waals surface area contributed by atoms with Gasteiger partial charge in [-0.2, -0.15) is 5.10 Å². The first kappa shape index (κ1) is 13.6. The largest absolute Gasteiger partial charge is 0.384 e. The average Bonchev–Trinajstić information content (AvgIpc) is 2.33. The van der Waals surface area contributed by atoms with Gasteiger partial charge in [0, 0.05) is 21.2 Å². The second-order valence-corrected chi connectivity index (χ2v) is 11.9. The molecule has 0 spiro atoms. The summed E-state index contributed by atoms with van der Waals surface area (Å²) in [6, 6.07) is 1.22. The first-order valence-electron chi connectivity index (χ1n) is 6.87. The molecular weight excluding hydrogens is 242 g/mol. The van der Waals surface area contributed by atoms with Crippen LogP contribution in [0.15, 0.2) is 16.4 Å². The summed E-state index contributed by atoms with van der Waals surface area (Å²) in [7, 11) is -0.973. The zero-order valence-electron chi connectivity index (χ0n) is 11.8. The highest BCUT2D eigenvalue weighted by Gasteiger charge is 2.18. The molecule has 2 heterocycles. The highest BCUT2D eigenvalue weighted by Crippen LogP contribution is 2.18. The van der Waals surface area contributed by atoms with E-state index in [9.17, 15) is 0 Å². The molecule has 0 fully saturated rings. The van der Waals surface area contributed by atoms with E-state index in [1.807, 2.05) is 11.2 Å². The highest BCUT2D eigenvalue weighted by atomic mass is 28.3. The minimum Gasteiger partial charge on any atom is -0.384 e. The van der Waals surface area contributed by atoms with Gasteiger partial charge in [-0.1, -0.05) is 19.6 Å². The Morgan fingerprint density at radius 1 is 1.44 bits per heavy atom. The zero-order chi connectivity index (χ0) is 13.0. The second-order valence-electron chi connectivity index (χ2n) is 6.30. The van der Waals surface area contributed by atoms with Crippen LogP contribution in [0.1, 0.15) is 12.8 Å². The Kier molecular flexibility index (Phi) is 4.45. The molecule has 4 nitrogen and oxygen atoms in total. The first-order valence-corrected chi connectivity index (χ1v) is 10.6. The predicted octanol–water partition coefficient (Wildman–Crippen LogP) is 2.24. The van der Waals surface area contributed by atoms with Crippen LogP contribution in [-0.2, 0) is 4.74 Å². The Morgan fingerprint density at radius 3 is 3.06 bits per heavy atom. The van der Waals surface area contributed by atoms with E-state index in [-0.39, 0.29) is 0 Å². The summed E-state index contributed by atoms with van der Waals surface area (Å²) in [5, 5.41) is 9.84. The van der Waals surface area contributed by atoms with Crippen molar-refractivity contribution in [2.45, 2.75) is 38.5 Å². The Bertz CT molecular complexity index is 347. The van der Waals surface area contributed by atoms with Crippen LogP contribution in [0.5, 0.6) is 0 Å². The van der Waals surface area contributed by atoms with Crippen molar-refractivity contribution >= 4 is 14.3 Å². The molecule has 0 bridgehead atoms. The fraction of sp³-hybridized carbons (Fsp3) is 0.769. The molecule has 0 aromatic heterocycles. The molecule has 0 unspecified atom stereocenters. The summed E-state index contributed by atoms with van der Waals surface area (Å²) >= 11 is 0. The lowest BCUT2D eigenvalue weighted by Gasteiger charge is -2.29. The molecule has 5 heteroatoms. The standard InChI is InChI=1S/C13H25N3OSi/c1-18(2,3)8-7-17-11-16-10-12-5-4-6-14-13(12)9-15-16/h9,14H,4-8,10-11H2,1-3H3. The summed E-state index contributed by atoms with van der Waals surface area (Å²) in [6.07, 6.45) is 4.37. The van der Waals surface area contributed by atoms with Crippen LogP contribution in [0.3, 0.4) is 0 Å². The van der Waals surface area contributed by atoms with Crippen LogP contribution in [0.4, 0.5) is 0 Å². The highest BCUT2D eigenvalue weighted by molar-refractivity contribution is 6.76. The zero-order valence-corrected chi connectivity index (χ0v) is 12.8. The van der Waals surface area contributed by atoms with Gasteiger partial charge in [0.05, 0.1) is 18.5 Å². The Hall–Kier alpha value is -0.813. The van der Waals surface area contributed by atoms with Crippen molar-refractivity contribution in [1.82, 2.24) is 10.3 Å². The fourth-order valence-corrected chi connectivity index (χ4v) is 2.87. The molecule has 0 aliphatic carbocycles. The molecule has 0 atom stereocenters. The summed E-state index contributed by atoms with van der Waals surface area (Å²) < 4.78 is 5.73. The van der Waals surface area contributed by atoms with Crippen molar-refractivity contribution in [2.75, 3.05) is 26.4 Å². The number of hydrogen-bond acceptors (Lipinski definition) is 4. The SMILES string of the molecule is C[Si](C)(C)CCOCN1CC2=C(C=N1)NCCC2. The summed E-state index contributed by atoms with van der Waals surface area (Å²) in [4.78, 5) is 0. The van der Waals surface area contributed by atoms with Gasteiger partial charge in [0.15, 0.2) is 0 Å². The van der Waals surface area contributed by atoms with Gasteiger partial charge in [0.2, 0.25) is 0 Å². The third-order valence-corrected chi connectivity index (χ3v) is 5.02. The molecule has 2 aliphatic rings.